The maximum atomic E-state index is 13.0. The third-order valence-corrected chi connectivity index (χ3v) is 7.53. The molecule has 1 aromatic heterocycles. The predicted octanol–water partition coefficient (Wildman–Crippen LogP) is 7.06. The first-order valence-electron chi connectivity index (χ1n) is 17.1. The van der Waals surface area contributed by atoms with E-state index in [1.54, 1.807) is 0 Å². The number of nitrogens with one attached hydrogen (secondary N) is 2. The number of carbonyl (C=O) groups is 5. The summed E-state index contributed by atoms with van der Waals surface area (Å²) in [6, 6.07) is 2.99. The number of esters is 1. The molecule has 0 aliphatic rings. The molecule has 0 aliphatic carbocycles. The average Bonchev–Trinajstić information content (AvgIpc) is 3.11. The number of carbonyl (C=O) groups excluding carboxylic acids is 4. The molecule has 0 radical (unpaired) electrons. The third kappa shape index (κ3) is 23.4. The van der Waals surface area contributed by atoms with E-state index in [1.165, 1.54) is 38.4 Å². The molecule has 0 aromatic carbocycles. The van der Waals surface area contributed by atoms with E-state index in [2.05, 4.69) is 88.0 Å². The molecule has 1 aromatic rings. The quantitative estimate of drug-likeness (QED) is 0.0386. The molecule has 280 valence electrons. The summed E-state index contributed by atoms with van der Waals surface area (Å²) in [6.07, 6.45) is 27.6. The van der Waals surface area contributed by atoms with Crippen LogP contribution in [0.1, 0.15) is 88.9 Å². The minimum atomic E-state index is -1.54. The first kappa shape index (κ1) is 44.4. The van der Waals surface area contributed by atoms with Gasteiger partial charge in [-0.1, -0.05) is 81.5 Å². The van der Waals surface area contributed by atoms with Gasteiger partial charge in [-0.3, -0.25) is 19.4 Å². The lowest BCUT2D eigenvalue weighted by molar-refractivity contribution is -0.138. The number of hydrogen-bond donors (Lipinski definition) is 3. The number of nitrogens with zero attached hydrogens (tertiary/aromatic N) is 1. The van der Waals surface area contributed by atoms with E-state index >= 15 is 0 Å². The highest BCUT2D eigenvalue weighted by molar-refractivity contribution is 7.95. The van der Waals surface area contributed by atoms with Gasteiger partial charge in [-0.05, 0) is 57.1 Å². The minimum absolute atomic E-state index is 0.0680. The normalized spacial score (nSPS) is 12.5. The van der Waals surface area contributed by atoms with Gasteiger partial charge in [0.25, 0.3) is 5.91 Å². The number of unbranched alkanes of at least 4 members (excludes halogenated alkanes) is 1. The Bertz CT molecular complexity index is 1340. The summed E-state index contributed by atoms with van der Waals surface area (Å²) in [5.41, 5.74) is -1.12. The van der Waals surface area contributed by atoms with Crippen LogP contribution in [-0.4, -0.2) is 71.6 Å². The summed E-state index contributed by atoms with van der Waals surface area (Å²) in [4.78, 5) is 64.6. The van der Waals surface area contributed by atoms with Crippen LogP contribution in [0.4, 0.5) is 4.79 Å². The molecular weight excluding hydrogens is 674 g/mol. The second-order valence-electron chi connectivity index (χ2n) is 11.8. The fourth-order valence-corrected chi connectivity index (χ4v) is 4.63. The number of ether oxygens (including phenoxy) is 2. The fraction of sp³-hybridized carbons (Fsp3) is 0.474. The second-order valence-corrected chi connectivity index (χ2v) is 12.6. The summed E-state index contributed by atoms with van der Waals surface area (Å²) >= 11 is 0.959. The zero-order valence-corrected chi connectivity index (χ0v) is 30.7. The lowest BCUT2D eigenvalue weighted by Gasteiger charge is -2.31. The largest absolute Gasteiger partial charge is 0.505 e. The first-order chi connectivity index (χ1) is 24.6. The number of allylic oxidation sites excluding steroid dienone is 10. The second kappa shape index (κ2) is 28.1. The van der Waals surface area contributed by atoms with E-state index < -0.39 is 36.2 Å². The van der Waals surface area contributed by atoms with Crippen molar-refractivity contribution in [2.75, 3.05) is 25.4 Å². The minimum Gasteiger partial charge on any atom is -0.450 e. The molecule has 51 heavy (non-hydrogen) atoms. The zero-order valence-electron chi connectivity index (χ0n) is 29.9. The van der Waals surface area contributed by atoms with Gasteiger partial charge in [-0.2, -0.15) is 0 Å². The van der Waals surface area contributed by atoms with Crippen molar-refractivity contribution in [3.05, 3.63) is 90.9 Å². The van der Waals surface area contributed by atoms with Crippen molar-refractivity contribution in [3.8, 4) is 0 Å². The van der Waals surface area contributed by atoms with Crippen molar-refractivity contribution in [2.24, 2.45) is 5.41 Å². The Kier molecular flexibility index (Phi) is 24.4. The maximum Gasteiger partial charge on any atom is 0.505 e. The van der Waals surface area contributed by atoms with Gasteiger partial charge in [0, 0.05) is 49.5 Å². The summed E-state index contributed by atoms with van der Waals surface area (Å²) < 4.78 is 15.2. The smallest absolute Gasteiger partial charge is 0.450 e. The van der Waals surface area contributed by atoms with E-state index in [0.29, 0.717) is 18.6 Å². The van der Waals surface area contributed by atoms with Crippen LogP contribution >= 0.6 is 12.0 Å². The first-order valence-corrected chi connectivity index (χ1v) is 18.1. The molecule has 13 heteroatoms. The average molecular weight is 728 g/mol. The molecule has 3 N–H and O–H groups in total. The Balaban J connectivity index is 2.21. The molecule has 0 aliphatic heterocycles. The number of pyridine rings is 1. The van der Waals surface area contributed by atoms with Gasteiger partial charge in [0.15, 0.2) is 6.10 Å². The van der Waals surface area contributed by atoms with Crippen molar-refractivity contribution in [2.45, 2.75) is 84.7 Å². The zero-order chi connectivity index (χ0) is 37.6. The van der Waals surface area contributed by atoms with Gasteiger partial charge >= 0.3 is 18.1 Å². The van der Waals surface area contributed by atoms with Crippen molar-refractivity contribution in [3.63, 3.8) is 0 Å². The lowest BCUT2D eigenvalue weighted by Crippen LogP contribution is -2.49. The molecule has 0 saturated heterocycles. The maximum absolute atomic E-state index is 13.0. The summed E-state index contributed by atoms with van der Waals surface area (Å²) in [5.74, 6) is -1.87. The highest BCUT2D eigenvalue weighted by Gasteiger charge is 2.40. The SMILES string of the molecule is CCC=CCC=CCC=CCC=CCC=CCCCC(=O)OSCCNC(=O)CCNC(=O)C(OC(=O)c1cccnc1)C(C)(C)COC(=O)O. The van der Waals surface area contributed by atoms with Gasteiger partial charge in [0.2, 0.25) is 5.91 Å². The van der Waals surface area contributed by atoms with Gasteiger partial charge in [0.1, 0.15) is 6.61 Å². The molecule has 0 bridgehead atoms. The highest BCUT2D eigenvalue weighted by Crippen LogP contribution is 2.25. The Morgan fingerprint density at radius 3 is 2.10 bits per heavy atom. The molecule has 1 unspecified atom stereocenters. The highest BCUT2D eigenvalue weighted by atomic mass is 32.2. The Hall–Kier alpha value is -4.65. The fourth-order valence-electron chi connectivity index (χ4n) is 4.14. The number of amides is 2. The number of rotatable bonds is 26. The Morgan fingerprint density at radius 1 is 0.882 bits per heavy atom. The molecule has 12 nitrogen and oxygen atoms in total. The van der Waals surface area contributed by atoms with Crippen LogP contribution in [0.5, 0.6) is 0 Å². The molecule has 0 fully saturated rings. The van der Waals surface area contributed by atoms with Gasteiger partial charge < -0.3 is 29.4 Å². The van der Waals surface area contributed by atoms with Crippen LogP contribution in [0.25, 0.3) is 0 Å². The molecule has 0 spiro atoms. The van der Waals surface area contributed by atoms with E-state index in [0.717, 1.165) is 50.6 Å². The number of hydrogen-bond acceptors (Lipinski definition) is 10. The summed E-state index contributed by atoms with van der Waals surface area (Å²) in [5, 5.41) is 14.1. The molecule has 1 heterocycles. The van der Waals surface area contributed by atoms with Crippen LogP contribution in [-0.2, 0) is 28.0 Å². The van der Waals surface area contributed by atoms with Gasteiger partial charge in [0.05, 0.1) is 17.6 Å². The van der Waals surface area contributed by atoms with Crippen LogP contribution in [0.3, 0.4) is 0 Å². The van der Waals surface area contributed by atoms with Crippen molar-refractivity contribution in [1.29, 1.82) is 0 Å². The van der Waals surface area contributed by atoms with Gasteiger partial charge in [-0.15, -0.1) is 0 Å². The Labute approximate surface area is 306 Å². The molecule has 0 saturated carbocycles. The predicted molar refractivity (Wildman–Crippen MR) is 199 cm³/mol. The van der Waals surface area contributed by atoms with Crippen LogP contribution in [0.15, 0.2) is 85.3 Å². The third-order valence-electron chi connectivity index (χ3n) is 6.86. The molecule has 2 amide bonds. The van der Waals surface area contributed by atoms with Crippen LogP contribution in [0, 0.1) is 5.41 Å². The van der Waals surface area contributed by atoms with E-state index in [1.807, 2.05) is 0 Å². The van der Waals surface area contributed by atoms with E-state index in [4.69, 9.17) is 14.0 Å². The van der Waals surface area contributed by atoms with Crippen LogP contribution in [0.2, 0.25) is 0 Å². The van der Waals surface area contributed by atoms with Crippen molar-refractivity contribution >= 4 is 42.0 Å². The number of aromatic nitrogens is 1. The van der Waals surface area contributed by atoms with Gasteiger partial charge in [-0.25, -0.2) is 9.59 Å². The standard InChI is InChI=1S/C38H53N3O9S/c1-4-5-6-7-8-9-10-11-12-13-14-15-16-17-18-19-20-23-33(43)50-51-28-27-40-32(42)24-26-41-35(44)34(38(2,3)30-48-37(46)47)49-36(45)31-22-21-25-39-29-31/h5-6,8-9,11-12,14-15,17-18,21-22,25,29,34H,4,7,10,13,16,19-20,23-24,26-28,30H2,1-3H3,(H,40,42)(H,41,44)(H,46,47). The van der Waals surface area contributed by atoms with Crippen molar-refractivity contribution in [1.82, 2.24) is 15.6 Å². The number of carboxylic acid groups (broad SMARTS) is 1. The molecule has 1 rings (SSSR count). The monoisotopic (exact) mass is 727 g/mol. The van der Waals surface area contributed by atoms with Crippen molar-refractivity contribution < 1.29 is 42.7 Å². The van der Waals surface area contributed by atoms with E-state index in [9.17, 15) is 24.0 Å². The van der Waals surface area contributed by atoms with E-state index in [-0.39, 0.29) is 37.0 Å². The summed E-state index contributed by atoms with van der Waals surface area (Å²) in [7, 11) is 0. The molecular formula is C38H53N3O9S. The summed E-state index contributed by atoms with van der Waals surface area (Å²) in [6.45, 7) is 4.91. The molecule has 1 atom stereocenters. The van der Waals surface area contributed by atoms with Crippen LogP contribution < -0.4 is 10.6 Å². The topological polar surface area (TPSA) is 170 Å². The Morgan fingerprint density at radius 2 is 1.51 bits per heavy atom. The lowest BCUT2D eigenvalue weighted by atomic mass is 9.86.